The van der Waals surface area contributed by atoms with Gasteiger partial charge in [0.1, 0.15) is 0 Å². The predicted octanol–water partition coefficient (Wildman–Crippen LogP) is -2.78. The van der Waals surface area contributed by atoms with Gasteiger partial charge in [0, 0.05) is 6.61 Å². The van der Waals surface area contributed by atoms with E-state index in [0.717, 1.165) is 6.42 Å². The molecule has 6 heavy (non-hydrogen) atoms. The molecule has 0 amide bonds. The first kappa shape index (κ1) is 15.6. The molecule has 0 aliphatic carbocycles. The smallest absolute Gasteiger partial charge is 0.870 e. The normalized spacial score (nSPS) is 5.00. The Hall–Kier alpha value is 1.56. The van der Waals surface area contributed by atoms with Gasteiger partial charge < -0.3 is 10.6 Å². The summed E-state index contributed by atoms with van der Waals surface area (Å²) in [6.07, 6.45) is 0.875. The number of aliphatic hydroxyl groups is 1. The maximum absolute atomic E-state index is 7.88. The second-order valence-corrected chi connectivity index (χ2v) is 0.724. The van der Waals surface area contributed by atoms with Gasteiger partial charge in [-0.2, -0.15) is 0 Å². The average molecular weight is 116 g/mol. The molecule has 0 unspecified atom stereocenters. The van der Waals surface area contributed by atoms with E-state index in [1.807, 2.05) is 6.92 Å². The fourth-order valence-electron chi connectivity index (χ4n) is 0. The fraction of sp³-hybridized carbons (Fsp3) is 1.00. The zero-order valence-electron chi connectivity index (χ0n) is 4.31. The first-order valence-corrected chi connectivity index (χ1v) is 1.52. The maximum atomic E-state index is 7.88. The van der Waals surface area contributed by atoms with Crippen molar-refractivity contribution in [1.29, 1.82) is 0 Å². The second-order valence-electron chi connectivity index (χ2n) is 0.724. The molecule has 0 saturated carbocycles. The van der Waals surface area contributed by atoms with E-state index in [2.05, 4.69) is 0 Å². The van der Waals surface area contributed by atoms with E-state index in [-0.39, 0.29) is 56.9 Å². The van der Waals surface area contributed by atoms with Crippen LogP contribution in [-0.2, 0) is 0 Å². The molecule has 0 heterocycles. The van der Waals surface area contributed by atoms with E-state index in [9.17, 15) is 0 Å². The Balaban J connectivity index is -0.0000000450. The van der Waals surface area contributed by atoms with Crippen LogP contribution < -0.4 is 51.4 Å². The molecule has 0 aromatic rings. The molecule has 0 fully saturated rings. The molecule has 2 nitrogen and oxygen atoms in total. The van der Waals surface area contributed by atoms with Crippen molar-refractivity contribution in [1.82, 2.24) is 0 Å². The molecule has 0 bridgehead atoms. The van der Waals surface area contributed by atoms with Crippen LogP contribution in [0.3, 0.4) is 0 Å². The van der Waals surface area contributed by atoms with Crippen LogP contribution in [0.1, 0.15) is 13.3 Å². The van der Waals surface area contributed by atoms with Crippen LogP contribution in [0.25, 0.3) is 0 Å². The predicted molar refractivity (Wildman–Crippen MR) is 19.3 cm³/mol. The molecule has 3 heteroatoms. The number of rotatable bonds is 1. The van der Waals surface area contributed by atoms with Gasteiger partial charge in [-0.15, -0.1) is 0 Å². The van der Waals surface area contributed by atoms with Gasteiger partial charge in [-0.3, -0.25) is 0 Å². The monoisotopic (exact) mass is 116 g/mol. The summed E-state index contributed by atoms with van der Waals surface area (Å²) in [5, 5.41) is 7.88. The molecular weight excluding hydrogens is 107 g/mol. The summed E-state index contributed by atoms with van der Waals surface area (Å²) in [4.78, 5) is 0. The fourth-order valence-corrected chi connectivity index (χ4v) is 0. The van der Waals surface area contributed by atoms with Gasteiger partial charge in [-0.1, -0.05) is 6.92 Å². The third kappa shape index (κ3) is 17.7. The molecule has 0 aromatic carbocycles. The topological polar surface area (TPSA) is 50.2 Å². The van der Waals surface area contributed by atoms with Crippen LogP contribution in [0.15, 0.2) is 0 Å². The van der Waals surface area contributed by atoms with Gasteiger partial charge >= 0.3 is 51.4 Å². The minimum atomic E-state index is 0. The van der Waals surface area contributed by atoms with E-state index in [4.69, 9.17) is 5.11 Å². The van der Waals surface area contributed by atoms with Gasteiger partial charge in [-0.05, 0) is 6.42 Å². The molecule has 0 atom stereocenters. The van der Waals surface area contributed by atoms with Gasteiger partial charge in [0.25, 0.3) is 0 Å². The zero-order valence-corrected chi connectivity index (χ0v) is 7.43. The third-order valence-electron chi connectivity index (χ3n) is 0.224. The summed E-state index contributed by atoms with van der Waals surface area (Å²) in [6.45, 7) is 2.25. The largest absolute Gasteiger partial charge is 1.00 e. The van der Waals surface area contributed by atoms with Crippen LogP contribution in [0.2, 0.25) is 0 Å². The van der Waals surface area contributed by atoms with Gasteiger partial charge in [0.2, 0.25) is 0 Å². The van der Waals surface area contributed by atoms with Crippen LogP contribution in [0.4, 0.5) is 0 Å². The van der Waals surface area contributed by atoms with E-state index < -0.39 is 0 Å². The third-order valence-corrected chi connectivity index (χ3v) is 0.224. The van der Waals surface area contributed by atoms with Gasteiger partial charge in [0.15, 0.2) is 0 Å². The Bertz CT molecular complexity index is 10.8. The summed E-state index contributed by atoms with van der Waals surface area (Å²) in [6, 6.07) is 0. The number of hydrogen-bond acceptors (Lipinski definition) is 2. The first-order valence-electron chi connectivity index (χ1n) is 1.52. The molecule has 0 spiro atoms. The molecule has 0 radical (unpaired) electrons. The summed E-state index contributed by atoms with van der Waals surface area (Å²) in [7, 11) is 0. The van der Waals surface area contributed by atoms with E-state index in [1.54, 1.807) is 0 Å². The van der Waals surface area contributed by atoms with Crippen molar-refractivity contribution in [2.75, 3.05) is 6.61 Å². The standard InChI is InChI=1S/C3H8O.K.H2O/c1-2-3-4;;/h4H,2-3H2,1H3;;1H2/q;+1;/p-1. The quantitative estimate of drug-likeness (QED) is 0.377. The average Bonchev–Trinajstić information content (AvgIpc) is 1.37. The van der Waals surface area contributed by atoms with Crippen LogP contribution in [0.5, 0.6) is 0 Å². The Morgan fingerprint density at radius 1 is 1.50 bits per heavy atom. The van der Waals surface area contributed by atoms with Crippen LogP contribution in [-0.4, -0.2) is 17.2 Å². The summed E-state index contributed by atoms with van der Waals surface area (Å²) < 4.78 is 0. The zero-order chi connectivity index (χ0) is 3.41. The van der Waals surface area contributed by atoms with Crippen molar-refractivity contribution in [2.45, 2.75) is 13.3 Å². The molecular formula is C3H9KO2. The van der Waals surface area contributed by atoms with Crippen molar-refractivity contribution in [2.24, 2.45) is 0 Å². The minimum absolute atomic E-state index is 0. The molecule has 34 valence electrons. The molecule has 0 aliphatic heterocycles. The minimum Gasteiger partial charge on any atom is -0.870 e. The first-order chi connectivity index (χ1) is 1.91. The molecule has 2 N–H and O–H groups in total. The molecule has 0 rings (SSSR count). The van der Waals surface area contributed by atoms with E-state index in [0.29, 0.717) is 6.61 Å². The van der Waals surface area contributed by atoms with Gasteiger partial charge in [0.05, 0.1) is 0 Å². The van der Waals surface area contributed by atoms with Crippen molar-refractivity contribution in [3.63, 3.8) is 0 Å². The van der Waals surface area contributed by atoms with Crippen LogP contribution >= 0.6 is 0 Å². The van der Waals surface area contributed by atoms with E-state index >= 15 is 0 Å². The van der Waals surface area contributed by atoms with Gasteiger partial charge in [-0.25, -0.2) is 0 Å². The summed E-state index contributed by atoms with van der Waals surface area (Å²) >= 11 is 0. The number of aliphatic hydroxyl groups excluding tert-OH is 1. The van der Waals surface area contributed by atoms with Crippen molar-refractivity contribution >= 4 is 0 Å². The molecule has 0 aliphatic rings. The van der Waals surface area contributed by atoms with Crippen molar-refractivity contribution in [3.05, 3.63) is 0 Å². The summed E-state index contributed by atoms with van der Waals surface area (Å²) in [5.74, 6) is 0. The van der Waals surface area contributed by atoms with Crippen LogP contribution in [0, 0.1) is 0 Å². The summed E-state index contributed by atoms with van der Waals surface area (Å²) in [5.41, 5.74) is 0. The Morgan fingerprint density at radius 2 is 1.67 bits per heavy atom. The molecule has 0 aromatic heterocycles. The maximum Gasteiger partial charge on any atom is 1.00 e. The molecule has 0 saturated heterocycles. The second kappa shape index (κ2) is 16.0. The van der Waals surface area contributed by atoms with E-state index in [1.165, 1.54) is 0 Å². The van der Waals surface area contributed by atoms with Crippen molar-refractivity contribution < 1.29 is 62.0 Å². The SMILES string of the molecule is CCCO.[K+].[OH-]. The Kier molecular flexibility index (Phi) is 41.7. The Morgan fingerprint density at radius 3 is 1.67 bits per heavy atom. The van der Waals surface area contributed by atoms with Crippen molar-refractivity contribution in [3.8, 4) is 0 Å². The number of hydrogen-bond donors (Lipinski definition) is 1. The Labute approximate surface area is 80.7 Å².